The topological polar surface area (TPSA) is 53.1 Å². The van der Waals surface area contributed by atoms with Crippen LogP contribution in [-0.4, -0.2) is 56.5 Å². The summed E-state index contributed by atoms with van der Waals surface area (Å²) in [6.45, 7) is 3.53. The molecule has 0 bridgehead atoms. The number of rotatable bonds is 5. The van der Waals surface area contributed by atoms with Gasteiger partial charge >= 0.3 is 0 Å². The highest BCUT2D eigenvalue weighted by atomic mass is 19.1. The fourth-order valence-corrected chi connectivity index (χ4v) is 3.36. The lowest BCUT2D eigenvalue weighted by Crippen LogP contribution is -2.52. The number of methoxy groups -OCH3 is 1. The van der Waals surface area contributed by atoms with E-state index in [4.69, 9.17) is 4.74 Å². The Morgan fingerprint density at radius 1 is 1.04 bits per heavy atom. The normalized spacial score (nSPS) is 14.0. The summed E-state index contributed by atoms with van der Waals surface area (Å²) < 4.78 is 19.5. The molecule has 1 heterocycles. The molecular formula is C21H24FN3O3. The monoisotopic (exact) mass is 385 g/mol. The minimum absolute atomic E-state index is 0.121. The predicted molar refractivity (Wildman–Crippen MR) is 106 cm³/mol. The van der Waals surface area contributed by atoms with Crippen molar-refractivity contribution in [2.75, 3.05) is 49.6 Å². The number of hydrogen-bond acceptors (Lipinski definition) is 4. The van der Waals surface area contributed by atoms with Gasteiger partial charge in [0.2, 0.25) is 11.8 Å². The number of piperazine rings is 1. The first-order valence-electron chi connectivity index (χ1n) is 9.19. The lowest BCUT2D eigenvalue weighted by atomic mass is 10.2. The Labute approximate surface area is 164 Å². The van der Waals surface area contributed by atoms with Gasteiger partial charge in [0.05, 0.1) is 18.5 Å². The molecule has 0 saturated carbocycles. The zero-order valence-electron chi connectivity index (χ0n) is 16.1. The van der Waals surface area contributed by atoms with Crippen molar-refractivity contribution in [1.29, 1.82) is 0 Å². The number of carbonyl (C=O) groups is 2. The molecule has 0 spiro atoms. The first kappa shape index (κ1) is 19.7. The van der Waals surface area contributed by atoms with Crippen LogP contribution in [0.2, 0.25) is 0 Å². The van der Waals surface area contributed by atoms with E-state index in [1.54, 1.807) is 24.1 Å². The largest absolute Gasteiger partial charge is 0.495 e. The fraction of sp³-hybridized carbons (Fsp3) is 0.333. The van der Waals surface area contributed by atoms with Gasteiger partial charge in [-0.3, -0.25) is 9.59 Å². The maximum absolute atomic E-state index is 14.1. The molecule has 1 fully saturated rings. The third-order valence-electron chi connectivity index (χ3n) is 4.87. The van der Waals surface area contributed by atoms with E-state index in [0.717, 1.165) is 11.4 Å². The fourth-order valence-electron chi connectivity index (χ4n) is 3.36. The van der Waals surface area contributed by atoms with Gasteiger partial charge in [0.15, 0.2) is 0 Å². The summed E-state index contributed by atoms with van der Waals surface area (Å²) in [6.07, 6.45) is 0. The van der Waals surface area contributed by atoms with E-state index in [-0.39, 0.29) is 24.0 Å². The molecule has 6 nitrogen and oxygen atoms in total. The summed E-state index contributed by atoms with van der Waals surface area (Å²) in [5.74, 6) is -0.291. The molecule has 0 aliphatic carbocycles. The summed E-state index contributed by atoms with van der Waals surface area (Å²) in [7, 11) is 1.64. The number of para-hydroxylation sites is 3. The van der Waals surface area contributed by atoms with Crippen molar-refractivity contribution in [3.8, 4) is 5.75 Å². The van der Waals surface area contributed by atoms with Crippen LogP contribution >= 0.6 is 0 Å². The van der Waals surface area contributed by atoms with Gasteiger partial charge < -0.3 is 19.4 Å². The average molecular weight is 385 g/mol. The van der Waals surface area contributed by atoms with Crippen LogP contribution in [-0.2, 0) is 9.59 Å². The van der Waals surface area contributed by atoms with E-state index in [9.17, 15) is 14.0 Å². The molecule has 1 saturated heterocycles. The molecule has 28 heavy (non-hydrogen) atoms. The van der Waals surface area contributed by atoms with Crippen molar-refractivity contribution in [3.63, 3.8) is 0 Å². The number of benzene rings is 2. The minimum Gasteiger partial charge on any atom is -0.495 e. The van der Waals surface area contributed by atoms with Crippen LogP contribution < -0.4 is 14.5 Å². The number of anilines is 2. The summed E-state index contributed by atoms with van der Waals surface area (Å²) >= 11 is 0. The first-order valence-corrected chi connectivity index (χ1v) is 9.19. The molecule has 2 amide bonds. The van der Waals surface area contributed by atoms with Crippen LogP contribution in [0.5, 0.6) is 5.75 Å². The second-order valence-electron chi connectivity index (χ2n) is 6.60. The SMILES string of the molecule is COc1ccccc1N1CCN(C(=O)CN(C(C)=O)c2ccccc2F)CC1. The van der Waals surface area contributed by atoms with Crippen LogP contribution in [0.25, 0.3) is 0 Å². The van der Waals surface area contributed by atoms with E-state index in [1.165, 1.54) is 24.0 Å². The Morgan fingerprint density at radius 3 is 2.32 bits per heavy atom. The predicted octanol–water partition coefficient (Wildman–Crippen LogP) is 2.54. The smallest absolute Gasteiger partial charge is 0.242 e. The Balaban J connectivity index is 1.64. The lowest BCUT2D eigenvalue weighted by molar-refractivity contribution is -0.131. The maximum Gasteiger partial charge on any atom is 0.242 e. The van der Waals surface area contributed by atoms with Gasteiger partial charge in [-0.2, -0.15) is 0 Å². The van der Waals surface area contributed by atoms with E-state index in [1.807, 2.05) is 24.3 Å². The van der Waals surface area contributed by atoms with Crippen LogP contribution in [0, 0.1) is 5.82 Å². The third kappa shape index (κ3) is 4.24. The summed E-state index contributed by atoms with van der Waals surface area (Å²) in [5, 5.41) is 0. The molecule has 1 aliphatic rings. The van der Waals surface area contributed by atoms with Crippen LogP contribution in [0.4, 0.5) is 15.8 Å². The molecule has 0 unspecified atom stereocenters. The van der Waals surface area contributed by atoms with Crippen LogP contribution in [0.1, 0.15) is 6.92 Å². The number of amides is 2. The molecule has 0 aromatic heterocycles. The molecule has 0 radical (unpaired) electrons. The second kappa shape index (κ2) is 8.73. The Bertz CT molecular complexity index is 850. The highest BCUT2D eigenvalue weighted by Crippen LogP contribution is 2.28. The molecule has 0 N–H and O–H groups in total. The van der Waals surface area contributed by atoms with Gasteiger partial charge in [0, 0.05) is 33.1 Å². The molecule has 2 aromatic rings. The van der Waals surface area contributed by atoms with Crippen LogP contribution in [0.3, 0.4) is 0 Å². The second-order valence-corrected chi connectivity index (χ2v) is 6.60. The summed E-state index contributed by atoms with van der Waals surface area (Å²) in [4.78, 5) is 29.8. The van der Waals surface area contributed by atoms with Crippen molar-refractivity contribution < 1.29 is 18.7 Å². The number of nitrogens with zero attached hydrogens (tertiary/aromatic N) is 3. The Morgan fingerprint density at radius 2 is 1.68 bits per heavy atom. The van der Waals surface area contributed by atoms with Crippen molar-refractivity contribution in [3.05, 3.63) is 54.3 Å². The zero-order valence-corrected chi connectivity index (χ0v) is 16.1. The standard InChI is InChI=1S/C21H24FN3O3/c1-16(26)25(18-8-4-3-7-17(18)22)15-21(27)24-13-11-23(12-14-24)19-9-5-6-10-20(19)28-2/h3-10H,11-15H2,1-2H3. The highest BCUT2D eigenvalue weighted by molar-refractivity contribution is 5.97. The van der Waals surface area contributed by atoms with Crippen molar-refractivity contribution >= 4 is 23.2 Å². The first-order chi connectivity index (χ1) is 13.5. The number of ether oxygens (including phenoxy) is 1. The van der Waals surface area contributed by atoms with E-state index < -0.39 is 5.82 Å². The number of hydrogen-bond donors (Lipinski definition) is 0. The minimum atomic E-state index is -0.522. The molecule has 148 valence electrons. The summed E-state index contributed by atoms with van der Waals surface area (Å²) in [6, 6.07) is 13.7. The molecule has 2 aromatic carbocycles. The molecule has 0 atom stereocenters. The maximum atomic E-state index is 14.1. The van der Waals surface area contributed by atoms with Gasteiger partial charge in [0.1, 0.15) is 18.1 Å². The quantitative estimate of drug-likeness (QED) is 0.794. The summed E-state index contributed by atoms with van der Waals surface area (Å²) in [5.41, 5.74) is 1.12. The van der Waals surface area contributed by atoms with Crippen molar-refractivity contribution in [2.45, 2.75) is 6.92 Å². The zero-order chi connectivity index (χ0) is 20.1. The third-order valence-corrected chi connectivity index (χ3v) is 4.87. The van der Waals surface area contributed by atoms with Gasteiger partial charge in [0.25, 0.3) is 0 Å². The number of carbonyl (C=O) groups excluding carboxylic acids is 2. The van der Waals surface area contributed by atoms with Gasteiger partial charge in [-0.15, -0.1) is 0 Å². The van der Waals surface area contributed by atoms with Gasteiger partial charge in [-0.25, -0.2) is 4.39 Å². The Hall–Kier alpha value is -3.09. The van der Waals surface area contributed by atoms with E-state index in [2.05, 4.69) is 4.90 Å². The van der Waals surface area contributed by atoms with Crippen molar-refractivity contribution in [1.82, 2.24) is 4.90 Å². The number of halogens is 1. The van der Waals surface area contributed by atoms with Gasteiger partial charge in [-0.1, -0.05) is 24.3 Å². The highest BCUT2D eigenvalue weighted by Gasteiger charge is 2.26. The lowest BCUT2D eigenvalue weighted by Gasteiger charge is -2.37. The average Bonchev–Trinajstić information content (AvgIpc) is 2.72. The Kier molecular flexibility index (Phi) is 6.13. The van der Waals surface area contributed by atoms with E-state index in [0.29, 0.717) is 26.2 Å². The molecular weight excluding hydrogens is 361 g/mol. The van der Waals surface area contributed by atoms with E-state index >= 15 is 0 Å². The molecule has 1 aliphatic heterocycles. The van der Waals surface area contributed by atoms with Gasteiger partial charge in [-0.05, 0) is 24.3 Å². The van der Waals surface area contributed by atoms with Crippen molar-refractivity contribution in [2.24, 2.45) is 0 Å². The molecule has 7 heteroatoms. The molecule has 3 rings (SSSR count). The van der Waals surface area contributed by atoms with Crippen LogP contribution in [0.15, 0.2) is 48.5 Å².